The monoisotopic (exact) mass is 320 g/mol. The van der Waals surface area contributed by atoms with Crippen LogP contribution in [0, 0.1) is 5.92 Å². The van der Waals surface area contributed by atoms with Gasteiger partial charge in [-0.1, -0.05) is 27.7 Å². The van der Waals surface area contributed by atoms with Crippen LogP contribution in [0.15, 0.2) is 12.1 Å². The number of ether oxygens (including phenoxy) is 2. The van der Waals surface area contributed by atoms with Crippen LogP contribution in [0.1, 0.15) is 45.5 Å². The molecule has 1 aromatic heterocycles. The number of nitrogens with zero attached hydrogens (tertiary/aromatic N) is 2. The predicted octanol–water partition coefficient (Wildman–Crippen LogP) is 3.46. The van der Waals surface area contributed by atoms with E-state index >= 15 is 0 Å². The maximum Gasteiger partial charge on any atom is 0.327 e. The van der Waals surface area contributed by atoms with Gasteiger partial charge in [0.25, 0.3) is 0 Å². The lowest BCUT2D eigenvalue weighted by atomic mass is 10.0. The number of carboxylic acid groups (broad SMARTS) is 1. The van der Waals surface area contributed by atoms with Gasteiger partial charge in [0.15, 0.2) is 11.5 Å². The molecule has 0 aliphatic rings. The van der Waals surface area contributed by atoms with Crippen LogP contribution in [0.3, 0.4) is 0 Å². The smallest absolute Gasteiger partial charge is 0.327 e. The van der Waals surface area contributed by atoms with Gasteiger partial charge in [0.1, 0.15) is 11.9 Å². The first kappa shape index (κ1) is 17.1. The summed E-state index contributed by atoms with van der Waals surface area (Å²) in [5.41, 5.74) is 1.45. The van der Waals surface area contributed by atoms with Gasteiger partial charge < -0.3 is 19.1 Å². The molecule has 6 heteroatoms. The Labute approximate surface area is 136 Å². The molecule has 0 saturated heterocycles. The van der Waals surface area contributed by atoms with Crippen LogP contribution in [0.4, 0.5) is 0 Å². The summed E-state index contributed by atoms with van der Waals surface area (Å²) in [5, 5.41) is 9.70. The third-order valence-electron chi connectivity index (χ3n) is 3.90. The number of hydrogen-bond donors (Lipinski definition) is 1. The number of aliphatic carboxylic acids is 1. The van der Waals surface area contributed by atoms with Crippen LogP contribution >= 0.6 is 0 Å². The molecule has 1 heterocycles. The molecular weight excluding hydrogens is 296 g/mol. The number of fused-ring (bicyclic) bond motifs is 1. The largest absolute Gasteiger partial charge is 0.493 e. The fourth-order valence-corrected chi connectivity index (χ4v) is 2.83. The Hall–Kier alpha value is -2.24. The number of methoxy groups -OCH3 is 2. The van der Waals surface area contributed by atoms with E-state index in [1.54, 1.807) is 26.4 Å². The number of carboxylic acids is 1. The van der Waals surface area contributed by atoms with Gasteiger partial charge in [0.05, 0.1) is 25.3 Å². The van der Waals surface area contributed by atoms with Crippen molar-refractivity contribution in [1.29, 1.82) is 0 Å². The molecule has 0 fully saturated rings. The molecule has 126 valence electrons. The van der Waals surface area contributed by atoms with Gasteiger partial charge in [-0.15, -0.1) is 0 Å². The second-order valence-corrected chi connectivity index (χ2v) is 6.22. The number of carbonyl (C=O) groups is 1. The normalized spacial score (nSPS) is 12.9. The minimum atomic E-state index is -0.865. The van der Waals surface area contributed by atoms with E-state index in [9.17, 15) is 9.90 Å². The quantitative estimate of drug-likeness (QED) is 0.882. The Morgan fingerprint density at radius 1 is 1.13 bits per heavy atom. The van der Waals surface area contributed by atoms with Gasteiger partial charge >= 0.3 is 5.97 Å². The van der Waals surface area contributed by atoms with E-state index in [0.717, 1.165) is 11.3 Å². The van der Waals surface area contributed by atoms with E-state index in [1.165, 1.54) is 0 Å². The Morgan fingerprint density at radius 3 is 2.13 bits per heavy atom. The summed E-state index contributed by atoms with van der Waals surface area (Å²) in [7, 11) is 3.13. The number of aromatic nitrogens is 2. The lowest BCUT2D eigenvalue weighted by Gasteiger charge is -2.22. The Kier molecular flexibility index (Phi) is 4.82. The third-order valence-corrected chi connectivity index (χ3v) is 3.90. The van der Waals surface area contributed by atoms with Crippen molar-refractivity contribution < 1.29 is 19.4 Å². The number of imidazole rings is 1. The molecule has 2 aromatic rings. The Morgan fingerprint density at radius 2 is 1.70 bits per heavy atom. The third kappa shape index (κ3) is 2.98. The summed E-state index contributed by atoms with van der Waals surface area (Å²) in [6.45, 7) is 7.81. The highest BCUT2D eigenvalue weighted by Gasteiger charge is 2.29. The maximum absolute atomic E-state index is 11.8. The molecule has 0 spiro atoms. The average Bonchev–Trinajstić information content (AvgIpc) is 2.83. The fraction of sp³-hybridized carbons (Fsp3) is 0.529. The van der Waals surface area contributed by atoms with Crippen LogP contribution in [0.2, 0.25) is 0 Å². The number of rotatable bonds is 6. The highest BCUT2D eigenvalue weighted by molar-refractivity contribution is 5.83. The van der Waals surface area contributed by atoms with Gasteiger partial charge in [-0.2, -0.15) is 0 Å². The fourth-order valence-electron chi connectivity index (χ4n) is 2.83. The molecule has 1 aromatic carbocycles. The van der Waals surface area contributed by atoms with Gasteiger partial charge in [0.2, 0.25) is 0 Å². The van der Waals surface area contributed by atoms with Crippen molar-refractivity contribution in [3.63, 3.8) is 0 Å². The van der Waals surface area contributed by atoms with E-state index in [2.05, 4.69) is 4.98 Å². The topological polar surface area (TPSA) is 73.6 Å². The highest BCUT2D eigenvalue weighted by Crippen LogP contribution is 2.36. The molecule has 0 radical (unpaired) electrons. The molecule has 1 unspecified atom stereocenters. The van der Waals surface area contributed by atoms with Crippen LogP contribution < -0.4 is 9.47 Å². The number of benzene rings is 1. The zero-order valence-corrected chi connectivity index (χ0v) is 14.5. The van der Waals surface area contributed by atoms with Crippen molar-refractivity contribution in [1.82, 2.24) is 9.55 Å². The van der Waals surface area contributed by atoms with Crippen molar-refractivity contribution in [2.75, 3.05) is 14.2 Å². The minimum absolute atomic E-state index is 0.0736. The molecule has 0 bridgehead atoms. The molecule has 0 amide bonds. The molecule has 1 atom stereocenters. The molecule has 0 aliphatic carbocycles. The standard InChI is InChI=1S/C17H24N2O4/c1-9(2)15(17(20)21)19-12-8-14(23-6)13(22-5)7-11(12)18-16(19)10(3)4/h7-10,15H,1-6H3,(H,20,21). The second-order valence-electron chi connectivity index (χ2n) is 6.22. The van der Waals surface area contributed by atoms with E-state index in [0.29, 0.717) is 17.0 Å². The summed E-state index contributed by atoms with van der Waals surface area (Å²) in [5.74, 6) is 1.05. The zero-order chi connectivity index (χ0) is 17.3. The Balaban J connectivity index is 2.83. The van der Waals surface area contributed by atoms with Gasteiger partial charge in [-0.25, -0.2) is 9.78 Å². The van der Waals surface area contributed by atoms with Gasteiger partial charge in [0, 0.05) is 18.1 Å². The van der Waals surface area contributed by atoms with Gasteiger partial charge in [-0.05, 0) is 5.92 Å². The summed E-state index contributed by atoms with van der Waals surface area (Å²) in [4.78, 5) is 16.5. The van der Waals surface area contributed by atoms with E-state index in [1.807, 2.05) is 32.3 Å². The van der Waals surface area contributed by atoms with Crippen LogP contribution in [-0.4, -0.2) is 34.8 Å². The first-order chi connectivity index (χ1) is 10.8. The number of hydrogen-bond acceptors (Lipinski definition) is 4. The molecule has 0 saturated carbocycles. The van der Waals surface area contributed by atoms with Crippen molar-refractivity contribution in [3.05, 3.63) is 18.0 Å². The van der Waals surface area contributed by atoms with E-state index in [4.69, 9.17) is 9.47 Å². The van der Waals surface area contributed by atoms with Crippen molar-refractivity contribution in [3.8, 4) is 11.5 Å². The summed E-state index contributed by atoms with van der Waals surface area (Å²) in [6.07, 6.45) is 0. The maximum atomic E-state index is 11.8. The lowest BCUT2D eigenvalue weighted by Crippen LogP contribution is -2.26. The van der Waals surface area contributed by atoms with Crippen LogP contribution in [0.5, 0.6) is 11.5 Å². The van der Waals surface area contributed by atoms with Crippen molar-refractivity contribution in [2.24, 2.45) is 5.92 Å². The molecule has 2 rings (SSSR count). The second kappa shape index (κ2) is 6.48. The summed E-state index contributed by atoms with van der Waals surface area (Å²) < 4.78 is 12.5. The first-order valence-electron chi connectivity index (χ1n) is 7.68. The molecule has 1 N–H and O–H groups in total. The molecule has 6 nitrogen and oxygen atoms in total. The van der Waals surface area contributed by atoms with E-state index in [-0.39, 0.29) is 11.8 Å². The SMILES string of the molecule is COc1cc2nc(C(C)C)n(C(C(=O)O)C(C)C)c2cc1OC. The molecule has 0 aliphatic heterocycles. The van der Waals surface area contributed by atoms with E-state index < -0.39 is 12.0 Å². The molecule has 23 heavy (non-hydrogen) atoms. The predicted molar refractivity (Wildman–Crippen MR) is 88.4 cm³/mol. The average molecular weight is 320 g/mol. The lowest BCUT2D eigenvalue weighted by molar-refractivity contribution is -0.142. The zero-order valence-electron chi connectivity index (χ0n) is 14.5. The highest BCUT2D eigenvalue weighted by atomic mass is 16.5. The van der Waals surface area contributed by atoms with Crippen LogP contribution in [-0.2, 0) is 4.79 Å². The van der Waals surface area contributed by atoms with Crippen molar-refractivity contribution in [2.45, 2.75) is 39.7 Å². The summed E-state index contributed by atoms with van der Waals surface area (Å²) in [6, 6.07) is 2.90. The first-order valence-corrected chi connectivity index (χ1v) is 7.68. The Bertz CT molecular complexity index is 719. The van der Waals surface area contributed by atoms with Crippen LogP contribution in [0.25, 0.3) is 11.0 Å². The van der Waals surface area contributed by atoms with Crippen molar-refractivity contribution >= 4 is 17.0 Å². The molecular formula is C17H24N2O4. The minimum Gasteiger partial charge on any atom is -0.493 e. The van der Waals surface area contributed by atoms with Gasteiger partial charge in [-0.3, -0.25) is 0 Å². The summed E-state index contributed by atoms with van der Waals surface area (Å²) >= 11 is 0.